The number of hydrogen-bond acceptors (Lipinski definition) is 7. The molecule has 2 aromatic heterocycles. The van der Waals surface area contributed by atoms with Crippen LogP contribution in [0.2, 0.25) is 0 Å². The molecular weight excluding hydrogens is 461 g/mol. The molecule has 0 aliphatic carbocycles. The van der Waals surface area contributed by atoms with E-state index in [1.807, 2.05) is 13.8 Å². The summed E-state index contributed by atoms with van der Waals surface area (Å²) in [7, 11) is -3.59. The van der Waals surface area contributed by atoms with Gasteiger partial charge in [0, 0.05) is 29.0 Å². The largest absolute Gasteiger partial charge is 0.434 e. The number of nitrogens with zero attached hydrogens (tertiary/aromatic N) is 2. The van der Waals surface area contributed by atoms with E-state index in [1.54, 1.807) is 12.1 Å². The Morgan fingerprint density at radius 2 is 1.91 bits per heavy atom. The number of halogens is 3. The molecule has 0 spiro atoms. The Morgan fingerprint density at radius 1 is 1.24 bits per heavy atom. The van der Waals surface area contributed by atoms with Crippen LogP contribution in [-0.2, 0) is 22.6 Å². The molecule has 0 aliphatic rings. The molecule has 0 saturated heterocycles. The molecule has 0 fully saturated rings. The molecule has 3 rings (SSSR count). The Balaban J connectivity index is 2.06. The molecule has 3 aromatic rings. The number of aromatic amines is 1. The van der Waals surface area contributed by atoms with Gasteiger partial charge in [0.15, 0.2) is 21.3 Å². The second-order valence-corrected chi connectivity index (χ2v) is 10.1. The number of anilines is 1. The Bertz CT molecular complexity index is 1320. The Hall–Kier alpha value is -2.99. The van der Waals surface area contributed by atoms with E-state index in [-0.39, 0.29) is 22.3 Å². The predicted octanol–water partition coefficient (Wildman–Crippen LogP) is 3.88. The Kier molecular flexibility index (Phi) is 6.53. The summed E-state index contributed by atoms with van der Waals surface area (Å²) in [6, 6.07) is 4.10. The highest BCUT2D eigenvalue weighted by Gasteiger charge is 2.37. The second kappa shape index (κ2) is 8.75. The summed E-state index contributed by atoms with van der Waals surface area (Å²) in [6.45, 7) is 4.20. The first-order valence-corrected chi connectivity index (χ1v) is 11.8. The van der Waals surface area contributed by atoms with Crippen LogP contribution in [-0.4, -0.2) is 40.5 Å². The first-order chi connectivity index (χ1) is 15.2. The fraction of sp³-hybridized carbons (Fsp3) is 0.381. The van der Waals surface area contributed by atoms with Crippen molar-refractivity contribution in [2.45, 2.75) is 44.5 Å². The van der Waals surface area contributed by atoms with Crippen molar-refractivity contribution in [3.8, 4) is 0 Å². The second-order valence-electron chi connectivity index (χ2n) is 8.08. The third kappa shape index (κ3) is 5.17. The SMILES string of the molecule is CC(=O)c1cnc(NC(c2cc3cc(CO)c(S(C)(=O)=O)cc3[nH]2)C(C)C)nc1C(F)(F)F. The summed E-state index contributed by atoms with van der Waals surface area (Å²) in [4.78, 5) is 22.1. The molecule has 12 heteroatoms. The molecule has 33 heavy (non-hydrogen) atoms. The van der Waals surface area contributed by atoms with Gasteiger partial charge in [-0.1, -0.05) is 13.8 Å². The number of ketones is 1. The Morgan fingerprint density at radius 3 is 2.42 bits per heavy atom. The summed E-state index contributed by atoms with van der Waals surface area (Å²) in [5.41, 5.74) is -0.662. The van der Waals surface area contributed by atoms with Gasteiger partial charge in [-0.05, 0) is 36.6 Å². The molecule has 1 unspecified atom stereocenters. The normalized spacial score (nSPS) is 13.5. The van der Waals surface area contributed by atoms with Gasteiger partial charge < -0.3 is 15.4 Å². The lowest BCUT2D eigenvalue weighted by atomic mass is 10.0. The van der Waals surface area contributed by atoms with Gasteiger partial charge >= 0.3 is 6.18 Å². The van der Waals surface area contributed by atoms with E-state index in [4.69, 9.17) is 0 Å². The van der Waals surface area contributed by atoms with Gasteiger partial charge in [0.2, 0.25) is 5.95 Å². The van der Waals surface area contributed by atoms with Crippen molar-refractivity contribution >= 4 is 32.5 Å². The number of aliphatic hydroxyl groups is 1. The molecule has 3 N–H and O–H groups in total. The predicted molar refractivity (Wildman–Crippen MR) is 116 cm³/mol. The van der Waals surface area contributed by atoms with Gasteiger partial charge in [-0.25, -0.2) is 18.4 Å². The van der Waals surface area contributed by atoms with E-state index in [0.29, 0.717) is 16.6 Å². The average Bonchev–Trinajstić information content (AvgIpc) is 3.11. The minimum atomic E-state index is -4.84. The number of carbonyl (C=O) groups is 1. The quantitative estimate of drug-likeness (QED) is 0.435. The highest BCUT2D eigenvalue weighted by atomic mass is 32.2. The number of rotatable bonds is 7. The Labute approximate surface area is 188 Å². The fourth-order valence-corrected chi connectivity index (χ4v) is 4.47. The zero-order valence-corrected chi connectivity index (χ0v) is 19.1. The summed E-state index contributed by atoms with van der Waals surface area (Å²) >= 11 is 0. The number of sulfone groups is 1. The molecule has 178 valence electrons. The topological polar surface area (TPSA) is 125 Å². The fourth-order valence-electron chi connectivity index (χ4n) is 3.53. The number of Topliss-reactive ketones (excluding diaryl/α,β-unsaturated/α-hetero) is 1. The van der Waals surface area contributed by atoms with Gasteiger partial charge in [0.1, 0.15) is 0 Å². The standard InChI is InChI=1S/C21H23F3N4O4S/c1-10(2)18(27-20-25-8-14(11(3)30)19(28-20)21(22,23)24)16-6-12-5-13(9-29)17(33(4,31)32)7-15(12)26-16/h5-8,10,18,26,29H,9H2,1-4H3,(H,25,27,28). The zero-order chi connectivity index (χ0) is 24.7. The number of nitrogens with one attached hydrogen (secondary N) is 2. The molecule has 0 bridgehead atoms. The lowest BCUT2D eigenvalue weighted by molar-refractivity contribution is -0.141. The number of carbonyl (C=O) groups excluding carboxylic acids is 1. The van der Waals surface area contributed by atoms with Gasteiger partial charge in [-0.2, -0.15) is 13.2 Å². The van der Waals surface area contributed by atoms with Crippen molar-refractivity contribution in [3.63, 3.8) is 0 Å². The van der Waals surface area contributed by atoms with Gasteiger partial charge in [-0.3, -0.25) is 4.79 Å². The van der Waals surface area contributed by atoms with Crippen molar-refractivity contribution < 1.29 is 31.5 Å². The minimum Gasteiger partial charge on any atom is -0.392 e. The monoisotopic (exact) mass is 484 g/mol. The van der Waals surface area contributed by atoms with E-state index in [2.05, 4.69) is 20.3 Å². The molecule has 8 nitrogen and oxygen atoms in total. The molecule has 1 atom stereocenters. The highest BCUT2D eigenvalue weighted by Crippen LogP contribution is 2.33. The van der Waals surface area contributed by atoms with Crippen molar-refractivity contribution in [1.29, 1.82) is 0 Å². The van der Waals surface area contributed by atoms with Gasteiger partial charge in [-0.15, -0.1) is 0 Å². The van der Waals surface area contributed by atoms with Crippen molar-refractivity contribution in [3.05, 3.63) is 46.9 Å². The molecular formula is C21H23F3N4O4S. The number of benzene rings is 1. The van der Waals surface area contributed by atoms with E-state index in [0.717, 1.165) is 19.4 Å². The van der Waals surface area contributed by atoms with Crippen LogP contribution in [0.5, 0.6) is 0 Å². The first kappa shape index (κ1) is 24.6. The van der Waals surface area contributed by atoms with Crippen LogP contribution in [0.1, 0.15) is 54.1 Å². The van der Waals surface area contributed by atoms with Crippen molar-refractivity contribution in [2.75, 3.05) is 11.6 Å². The van der Waals surface area contributed by atoms with Crippen LogP contribution in [0.25, 0.3) is 10.9 Å². The van der Waals surface area contributed by atoms with Gasteiger partial charge in [0.05, 0.1) is 23.1 Å². The summed E-state index contributed by atoms with van der Waals surface area (Å²) in [6.07, 6.45) is -2.96. The van der Waals surface area contributed by atoms with Crippen molar-refractivity contribution in [2.24, 2.45) is 5.92 Å². The molecule has 0 radical (unpaired) electrons. The third-order valence-corrected chi connectivity index (χ3v) is 6.29. The lowest BCUT2D eigenvalue weighted by Crippen LogP contribution is -2.21. The lowest BCUT2D eigenvalue weighted by Gasteiger charge is -2.22. The maximum Gasteiger partial charge on any atom is 0.434 e. The molecule has 0 saturated carbocycles. The number of aliphatic hydroxyl groups excluding tert-OH is 1. The molecule has 1 aromatic carbocycles. The summed E-state index contributed by atoms with van der Waals surface area (Å²) in [5.74, 6) is -1.25. The minimum absolute atomic E-state index is 0.0158. The zero-order valence-electron chi connectivity index (χ0n) is 18.3. The van der Waals surface area contributed by atoms with Gasteiger partial charge in [0.25, 0.3) is 0 Å². The maximum absolute atomic E-state index is 13.4. The first-order valence-electron chi connectivity index (χ1n) is 9.90. The van der Waals surface area contributed by atoms with Crippen LogP contribution < -0.4 is 5.32 Å². The van der Waals surface area contributed by atoms with E-state index >= 15 is 0 Å². The number of hydrogen-bond donors (Lipinski definition) is 3. The van der Waals surface area contributed by atoms with E-state index < -0.39 is 45.7 Å². The summed E-state index contributed by atoms with van der Waals surface area (Å²) < 4.78 is 64.4. The third-order valence-electron chi connectivity index (χ3n) is 5.12. The van der Waals surface area contributed by atoms with E-state index in [9.17, 15) is 31.5 Å². The van der Waals surface area contributed by atoms with Crippen LogP contribution >= 0.6 is 0 Å². The maximum atomic E-state index is 13.4. The number of H-pyrrole nitrogens is 1. The smallest absolute Gasteiger partial charge is 0.392 e. The average molecular weight is 485 g/mol. The number of aromatic nitrogens is 3. The number of alkyl halides is 3. The highest BCUT2D eigenvalue weighted by molar-refractivity contribution is 7.90. The molecule has 0 aliphatic heterocycles. The van der Waals surface area contributed by atoms with E-state index in [1.165, 1.54) is 6.07 Å². The summed E-state index contributed by atoms with van der Waals surface area (Å²) in [5, 5.41) is 13.1. The number of fused-ring (bicyclic) bond motifs is 1. The molecule has 0 amide bonds. The molecule has 2 heterocycles. The van der Waals surface area contributed by atoms with Crippen LogP contribution in [0.3, 0.4) is 0 Å². The van der Waals surface area contributed by atoms with Crippen LogP contribution in [0.15, 0.2) is 29.3 Å². The van der Waals surface area contributed by atoms with Crippen molar-refractivity contribution in [1.82, 2.24) is 15.0 Å². The van der Waals surface area contributed by atoms with Crippen LogP contribution in [0, 0.1) is 5.92 Å². The van der Waals surface area contributed by atoms with Crippen LogP contribution in [0.4, 0.5) is 19.1 Å².